The molecule has 5 nitrogen and oxygen atoms in total. The van der Waals surface area contributed by atoms with Crippen molar-refractivity contribution in [2.75, 3.05) is 5.75 Å². The predicted octanol–water partition coefficient (Wildman–Crippen LogP) is 4.35. The summed E-state index contributed by atoms with van der Waals surface area (Å²) >= 11 is 1.36. The third kappa shape index (κ3) is 3.85. The highest BCUT2D eigenvalue weighted by molar-refractivity contribution is 7.99. The molecular weight excluding hydrogens is 356 g/mol. The van der Waals surface area contributed by atoms with E-state index in [0.717, 1.165) is 38.2 Å². The molecule has 0 aliphatic rings. The minimum absolute atomic E-state index is 0.167. The lowest BCUT2D eigenvalue weighted by molar-refractivity contribution is -0.118. The fourth-order valence-electron chi connectivity index (χ4n) is 2.91. The Labute approximate surface area is 160 Å². The average Bonchev–Trinajstić information content (AvgIpc) is 3.13. The number of hydrogen-bond donors (Lipinski definition) is 2. The maximum Gasteiger partial charge on any atom is 0.250 e. The molecule has 0 saturated carbocycles. The number of aromatic nitrogens is 2. The average molecular weight is 374 g/mol. The molecular formula is C21H18N4OS. The van der Waals surface area contributed by atoms with Crippen LogP contribution in [0.15, 0.2) is 77.0 Å². The van der Waals surface area contributed by atoms with E-state index in [1.165, 1.54) is 11.8 Å². The molecule has 4 rings (SSSR count). The summed E-state index contributed by atoms with van der Waals surface area (Å²) in [7, 11) is 0. The van der Waals surface area contributed by atoms with Crippen molar-refractivity contribution >= 4 is 45.2 Å². The van der Waals surface area contributed by atoms with Crippen LogP contribution in [0.3, 0.4) is 0 Å². The third-order valence-corrected chi connectivity index (χ3v) is 5.11. The van der Waals surface area contributed by atoms with Crippen LogP contribution >= 0.6 is 11.8 Å². The van der Waals surface area contributed by atoms with Crippen molar-refractivity contribution in [3.63, 3.8) is 0 Å². The number of carbonyl (C=O) groups excluding carboxylic acids is 1. The second-order valence-corrected chi connectivity index (χ2v) is 7.07. The first-order valence-electron chi connectivity index (χ1n) is 8.59. The first-order valence-corrected chi connectivity index (χ1v) is 9.58. The zero-order valence-corrected chi connectivity index (χ0v) is 15.6. The van der Waals surface area contributed by atoms with E-state index in [9.17, 15) is 4.79 Å². The van der Waals surface area contributed by atoms with Crippen molar-refractivity contribution in [1.29, 1.82) is 0 Å². The Morgan fingerprint density at radius 3 is 2.74 bits per heavy atom. The molecule has 0 bridgehead atoms. The number of rotatable bonds is 5. The number of fused-ring (bicyclic) bond motifs is 2. The van der Waals surface area contributed by atoms with Crippen LogP contribution in [0.5, 0.6) is 0 Å². The number of aromatic amines is 1. The van der Waals surface area contributed by atoms with E-state index in [4.69, 9.17) is 0 Å². The molecule has 0 saturated heterocycles. The van der Waals surface area contributed by atoms with E-state index in [1.54, 1.807) is 0 Å². The monoisotopic (exact) mass is 374 g/mol. The van der Waals surface area contributed by atoms with Gasteiger partial charge < -0.3 is 4.98 Å². The molecule has 134 valence electrons. The van der Waals surface area contributed by atoms with Gasteiger partial charge in [0.1, 0.15) is 0 Å². The van der Waals surface area contributed by atoms with Crippen LogP contribution in [0, 0.1) is 0 Å². The molecule has 1 heterocycles. The maximum absolute atomic E-state index is 12.2. The van der Waals surface area contributed by atoms with Crippen LogP contribution in [0.25, 0.3) is 21.8 Å². The minimum atomic E-state index is -0.167. The molecule has 2 N–H and O–H groups in total. The molecule has 4 aromatic rings. The fraction of sp³-hybridized carbons (Fsp3) is 0.0952. The van der Waals surface area contributed by atoms with Gasteiger partial charge in [-0.2, -0.15) is 5.10 Å². The summed E-state index contributed by atoms with van der Waals surface area (Å²) in [6.07, 6.45) is 0. The molecule has 0 atom stereocenters. The topological polar surface area (TPSA) is 70.1 Å². The number of amides is 1. The van der Waals surface area contributed by atoms with Crippen LogP contribution in [0.4, 0.5) is 0 Å². The second-order valence-electron chi connectivity index (χ2n) is 6.11. The number of carbonyl (C=O) groups is 1. The summed E-state index contributed by atoms with van der Waals surface area (Å²) in [4.78, 5) is 19.8. The van der Waals surface area contributed by atoms with Gasteiger partial charge in [-0.3, -0.25) is 4.79 Å². The Kier molecular flexibility index (Phi) is 4.89. The van der Waals surface area contributed by atoms with Gasteiger partial charge in [-0.25, -0.2) is 10.4 Å². The summed E-state index contributed by atoms with van der Waals surface area (Å²) in [6.45, 7) is 1.90. The van der Waals surface area contributed by atoms with Gasteiger partial charge in [0, 0.05) is 5.56 Å². The number of nitrogens with zero attached hydrogens (tertiary/aromatic N) is 2. The Balaban J connectivity index is 1.41. The van der Waals surface area contributed by atoms with E-state index in [0.29, 0.717) is 0 Å². The van der Waals surface area contributed by atoms with Crippen LogP contribution in [0.2, 0.25) is 0 Å². The molecule has 27 heavy (non-hydrogen) atoms. The SMILES string of the molecule is CC(=NNC(=O)CSc1nc2ccccc2[nH]1)c1cccc2ccccc12. The van der Waals surface area contributed by atoms with E-state index in [1.807, 2.05) is 55.5 Å². The van der Waals surface area contributed by atoms with Gasteiger partial charge in [-0.05, 0) is 29.8 Å². The van der Waals surface area contributed by atoms with Gasteiger partial charge >= 0.3 is 0 Å². The van der Waals surface area contributed by atoms with E-state index in [-0.39, 0.29) is 11.7 Å². The summed E-state index contributed by atoms with van der Waals surface area (Å²) < 4.78 is 0. The van der Waals surface area contributed by atoms with E-state index < -0.39 is 0 Å². The summed E-state index contributed by atoms with van der Waals surface area (Å²) in [6, 6.07) is 22.0. The van der Waals surface area contributed by atoms with Gasteiger partial charge in [-0.1, -0.05) is 66.4 Å². The number of H-pyrrole nitrogens is 1. The molecule has 0 aliphatic heterocycles. The van der Waals surface area contributed by atoms with E-state index in [2.05, 4.69) is 38.7 Å². The number of imidazole rings is 1. The molecule has 0 aliphatic carbocycles. The van der Waals surface area contributed by atoms with Crippen molar-refractivity contribution in [2.45, 2.75) is 12.1 Å². The van der Waals surface area contributed by atoms with Gasteiger partial charge in [0.15, 0.2) is 5.16 Å². The number of hydrazone groups is 1. The van der Waals surface area contributed by atoms with Gasteiger partial charge in [0.05, 0.1) is 22.5 Å². The Bertz CT molecular complexity index is 1110. The lowest BCUT2D eigenvalue weighted by Crippen LogP contribution is -2.21. The van der Waals surface area contributed by atoms with Crippen LogP contribution < -0.4 is 5.43 Å². The van der Waals surface area contributed by atoms with Gasteiger partial charge in [0.2, 0.25) is 0 Å². The number of thioether (sulfide) groups is 1. The summed E-state index contributed by atoms with van der Waals surface area (Å²) in [5.41, 5.74) is 6.28. The number of benzene rings is 3. The fourth-order valence-corrected chi connectivity index (χ4v) is 3.59. The smallest absolute Gasteiger partial charge is 0.250 e. The lowest BCUT2D eigenvalue weighted by atomic mass is 10.0. The molecule has 0 radical (unpaired) electrons. The van der Waals surface area contributed by atoms with E-state index >= 15 is 0 Å². The second kappa shape index (κ2) is 7.63. The lowest BCUT2D eigenvalue weighted by Gasteiger charge is -2.06. The van der Waals surface area contributed by atoms with Crippen molar-refractivity contribution in [3.8, 4) is 0 Å². The molecule has 1 aromatic heterocycles. The largest absolute Gasteiger partial charge is 0.333 e. The van der Waals surface area contributed by atoms with Crippen molar-refractivity contribution < 1.29 is 4.79 Å². The Hall–Kier alpha value is -3.12. The predicted molar refractivity (Wildman–Crippen MR) is 111 cm³/mol. The molecule has 1 amide bonds. The zero-order valence-electron chi connectivity index (χ0n) is 14.8. The van der Waals surface area contributed by atoms with Crippen LogP contribution in [0.1, 0.15) is 12.5 Å². The molecule has 0 fully saturated rings. The Morgan fingerprint density at radius 2 is 1.85 bits per heavy atom. The first kappa shape index (κ1) is 17.3. The van der Waals surface area contributed by atoms with Gasteiger partial charge in [-0.15, -0.1) is 0 Å². The molecule has 0 spiro atoms. The third-order valence-electron chi connectivity index (χ3n) is 4.24. The number of nitrogens with one attached hydrogen (secondary N) is 2. The molecule has 6 heteroatoms. The normalized spacial score (nSPS) is 11.8. The highest BCUT2D eigenvalue weighted by Gasteiger charge is 2.08. The van der Waals surface area contributed by atoms with Crippen LogP contribution in [-0.2, 0) is 4.79 Å². The highest BCUT2D eigenvalue weighted by atomic mass is 32.2. The quantitative estimate of drug-likeness (QED) is 0.310. The molecule has 0 unspecified atom stereocenters. The highest BCUT2D eigenvalue weighted by Crippen LogP contribution is 2.20. The van der Waals surface area contributed by atoms with Crippen molar-refractivity contribution in [1.82, 2.24) is 15.4 Å². The first-order chi connectivity index (χ1) is 13.2. The number of para-hydroxylation sites is 2. The zero-order chi connectivity index (χ0) is 18.6. The Morgan fingerprint density at radius 1 is 1.07 bits per heavy atom. The van der Waals surface area contributed by atoms with Crippen molar-refractivity contribution in [3.05, 3.63) is 72.3 Å². The molecule has 3 aromatic carbocycles. The van der Waals surface area contributed by atoms with Gasteiger partial charge in [0.25, 0.3) is 5.91 Å². The minimum Gasteiger partial charge on any atom is -0.333 e. The standard InChI is InChI=1S/C21H18N4OS/c1-14(16-10-6-8-15-7-2-3-9-17(15)16)24-25-20(26)13-27-21-22-18-11-4-5-12-19(18)23-21/h2-12H,13H2,1H3,(H,22,23)(H,25,26). The van der Waals surface area contributed by atoms with Crippen molar-refractivity contribution in [2.24, 2.45) is 5.10 Å². The van der Waals surface area contributed by atoms with Crippen LogP contribution in [-0.4, -0.2) is 27.3 Å². The summed E-state index contributed by atoms with van der Waals surface area (Å²) in [5.74, 6) is 0.0756. The maximum atomic E-state index is 12.2. The number of hydrogen-bond acceptors (Lipinski definition) is 4. The summed E-state index contributed by atoms with van der Waals surface area (Å²) in [5, 5.41) is 7.26.